The monoisotopic (exact) mass is 236 g/mol. The molecule has 1 unspecified atom stereocenters. The molecule has 0 heterocycles. The molecule has 1 rings (SSSR count). The second-order valence-corrected chi connectivity index (χ2v) is 6.20. The molecule has 3 nitrogen and oxygen atoms in total. The van der Waals surface area contributed by atoms with Gasteiger partial charge in [0.15, 0.2) is 0 Å². The van der Waals surface area contributed by atoms with Crippen LogP contribution in [0.1, 0.15) is 0 Å². The van der Waals surface area contributed by atoms with E-state index in [4.69, 9.17) is 16.0 Å². The number of hydrogen-bond donors (Lipinski definition) is 1. The molecule has 1 atom stereocenters. The van der Waals surface area contributed by atoms with Gasteiger partial charge in [-0.2, -0.15) is 0 Å². The fourth-order valence-electron chi connectivity index (χ4n) is 0.656. The van der Waals surface area contributed by atoms with Crippen LogP contribution in [0.4, 0.5) is 0 Å². The maximum absolute atomic E-state index is 11.0. The van der Waals surface area contributed by atoms with Gasteiger partial charge in [-0.15, -0.1) is 0 Å². The SMILES string of the molecule is O=[As](O)(OCl)c1ccccc1. The van der Waals surface area contributed by atoms with Gasteiger partial charge in [0, 0.05) is 0 Å². The summed E-state index contributed by atoms with van der Waals surface area (Å²) in [5.41, 5.74) is 0. The van der Waals surface area contributed by atoms with E-state index in [1.165, 1.54) is 12.1 Å². The van der Waals surface area contributed by atoms with Crippen LogP contribution < -0.4 is 4.35 Å². The van der Waals surface area contributed by atoms with Gasteiger partial charge in [0.25, 0.3) is 0 Å². The molecule has 1 aromatic rings. The van der Waals surface area contributed by atoms with E-state index in [-0.39, 0.29) is 4.35 Å². The van der Waals surface area contributed by atoms with Gasteiger partial charge in [-0.1, -0.05) is 0 Å². The molecular weight excluding hydrogens is 230 g/mol. The fourth-order valence-corrected chi connectivity index (χ4v) is 2.39. The minimum atomic E-state index is -4.37. The summed E-state index contributed by atoms with van der Waals surface area (Å²) in [7, 11) is 0. The van der Waals surface area contributed by atoms with Gasteiger partial charge in [-0.3, -0.25) is 0 Å². The van der Waals surface area contributed by atoms with Crippen LogP contribution >= 0.6 is 11.9 Å². The van der Waals surface area contributed by atoms with E-state index in [9.17, 15) is 3.74 Å². The van der Waals surface area contributed by atoms with E-state index >= 15 is 0 Å². The van der Waals surface area contributed by atoms with E-state index in [2.05, 4.69) is 3.28 Å². The first-order chi connectivity index (χ1) is 5.17. The Kier molecular flexibility index (Phi) is 2.79. The van der Waals surface area contributed by atoms with Crippen molar-refractivity contribution in [1.82, 2.24) is 0 Å². The molecule has 1 N–H and O–H groups in total. The van der Waals surface area contributed by atoms with Crippen LogP contribution in [0.3, 0.4) is 0 Å². The Balaban J connectivity index is 3.03. The minimum absolute atomic E-state index is 0.251. The number of rotatable bonds is 2. The average molecular weight is 236 g/mol. The van der Waals surface area contributed by atoms with Crippen molar-refractivity contribution in [3.8, 4) is 0 Å². The maximum atomic E-state index is 11.0. The molecule has 0 aliphatic heterocycles. The van der Waals surface area contributed by atoms with E-state index in [0.717, 1.165) is 0 Å². The second-order valence-electron chi connectivity index (χ2n) is 1.92. The Morgan fingerprint density at radius 3 is 2.36 bits per heavy atom. The molecule has 0 aromatic heterocycles. The standard InChI is InChI=1S/C6H6AsClO3/c8-11-7(9,10)6-4-2-1-3-5-6/h1-5H,(H,9,10). The van der Waals surface area contributed by atoms with Crippen LogP contribution in [0, 0.1) is 0 Å². The molecule has 0 bridgehead atoms. The zero-order chi connectivity index (χ0) is 8.32. The summed E-state index contributed by atoms with van der Waals surface area (Å²) in [4.78, 5) is 0. The third kappa shape index (κ3) is 2.11. The number of benzene rings is 1. The van der Waals surface area contributed by atoms with Crippen molar-refractivity contribution in [1.29, 1.82) is 0 Å². The Labute approximate surface area is 72.1 Å². The van der Waals surface area contributed by atoms with E-state index in [1.54, 1.807) is 18.2 Å². The normalized spacial score (nSPS) is 15.8. The van der Waals surface area contributed by atoms with Crippen LogP contribution in [0.2, 0.25) is 0 Å². The molecule has 0 spiro atoms. The molecule has 0 aliphatic rings. The molecule has 1 aromatic carbocycles. The van der Waals surface area contributed by atoms with E-state index in [0.29, 0.717) is 0 Å². The van der Waals surface area contributed by atoms with Gasteiger partial charge in [0.1, 0.15) is 0 Å². The van der Waals surface area contributed by atoms with Crippen LogP contribution in [-0.2, 0) is 7.02 Å². The zero-order valence-corrected chi connectivity index (χ0v) is 8.11. The first kappa shape index (κ1) is 8.88. The summed E-state index contributed by atoms with van der Waals surface area (Å²) in [6, 6.07) is 8.04. The molecule has 0 saturated heterocycles. The Bertz CT molecular complexity index is 274. The van der Waals surface area contributed by atoms with Crippen molar-refractivity contribution in [3.05, 3.63) is 30.3 Å². The molecule has 0 aliphatic carbocycles. The van der Waals surface area contributed by atoms with Gasteiger partial charge in [-0.05, 0) is 0 Å². The third-order valence-electron chi connectivity index (χ3n) is 1.18. The quantitative estimate of drug-likeness (QED) is 0.758. The average Bonchev–Trinajstić information content (AvgIpc) is 2.06. The predicted octanol–water partition coefficient (Wildman–Crippen LogP) is 0.426. The Morgan fingerprint density at radius 2 is 1.91 bits per heavy atom. The third-order valence-corrected chi connectivity index (χ3v) is 4.54. The summed E-state index contributed by atoms with van der Waals surface area (Å²) in [5.74, 6) is 0. The molecule has 11 heavy (non-hydrogen) atoms. The Morgan fingerprint density at radius 1 is 1.36 bits per heavy atom. The van der Waals surface area contributed by atoms with Crippen LogP contribution in [-0.4, -0.2) is 18.3 Å². The first-order valence-corrected chi connectivity index (χ1v) is 6.47. The van der Waals surface area contributed by atoms with Crippen molar-refractivity contribution in [2.75, 3.05) is 0 Å². The van der Waals surface area contributed by atoms with Crippen LogP contribution in [0.15, 0.2) is 30.3 Å². The van der Waals surface area contributed by atoms with Crippen molar-refractivity contribution in [3.63, 3.8) is 0 Å². The number of hydrogen-bond acceptors (Lipinski definition) is 2. The topological polar surface area (TPSA) is 46.5 Å². The summed E-state index contributed by atoms with van der Waals surface area (Å²) < 4.78 is 24.3. The summed E-state index contributed by atoms with van der Waals surface area (Å²) in [5, 5.41) is 0. The van der Waals surface area contributed by atoms with E-state index in [1.807, 2.05) is 0 Å². The van der Waals surface area contributed by atoms with Gasteiger partial charge in [0.05, 0.1) is 0 Å². The molecular formula is C6H6AsClO3. The second kappa shape index (κ2) is 3.46. The zero-order valence-electron chi connectivity index (χ0n) is 5.48. The van der Waals surface area contributed by atoms with Crippen molar-refractivity contribution >= 4 is 30.4 Å². The number of halogens is 1. The van der Waals surface area contributed by atoms with Crippen molar-refractivity contribution in [2.24, 2.45) is 0 Å². The van der Waals surface area contributed by atoms with Gasteiger partial charge in [0.2, 0.25) is 0 Å². The van der Waals surface area contributed by atoms with E-state index < -0.39 is 14.2 Å². The summed E-state index contributed by atoms with van der Waals surface area (Å²) in [6.45, 7) is 0. The summed E-state index contributed by atoms with van der Waals surface area (Å²) in [6.07, 6.45) is 0. The van der Waals surface area contributed by atoms with Crippen molar-refractivity contribution in [2.45, 2.75) is 0 Å². The molecule has 0 fully saturated rings. The van der Waals surface area contributed by atoms with Crippen LogP contribution in [0.25, 0.3) is 0 Å². The first-order valence-electron chi connectivity index (χ1n) is 2.85. The Hall–Kier alpha value is -0.212. The fraction of sp³-hybridized carbons (Fsp3) is 0. The predicted molar refractivity (Wildman–Crippen MR) is 41.7 cm³/mol. The van der Waals surface area contributed by atoms with Gasteiger partial charge >= 0.3 is 71.8 Å². The van der Waals surface area contributed by atoms with Gasteiger partial charge in [-0.25, -0.2) is 0 Å². The van der Waals surface area contributed by atoms with Gasteiger partial charge < -0.3 is 0 Å². The molecule has 0 amide bonds. The molecule has 0 saturated carbocycles. The molecule has 5 heteroatoms. The molecule has 0 radical (unpaired) electrons. The van der Waals surface area contributed by atoms with Crippen LogP contribution in [0.5, 0.6) is 0 Å². The molecule has 60 valence electrons. The summed E-state index contributed by atoms with van der Waals surface area (Å²) >= 11 is 0.474. The van der Waals surface area contributed by atoms with Crippen molar-refractivity contribution < 1.29 is 11.1 Å².